The van der Waals surface area contributed by atoms with E-state index < -0.39 is 0 Å². The molecule has 2 aromatic carbocycles. The maximum absolute atomic E-state index is 6.20. The van der Waals surface area contributed by atoms with Crippen molar-refractivity contribution >= 4 is 11.6 Å². The number of hydrogen-bond acceptors (Lipinski definition) is 2. The van der Waals surface area contributed by atoms with Crippen LogP contribution in [0.5, 0.6) is 11.5 Å². The molecule has 0 aliphatic carbocycles. The Kier molecular flexibility index (Phi) is 4.24. The lowest BCUT2D eigenvalue weighted by Crippen LogP contribution is -2.17. The third-order valence-electron chi connectivity index (χ3n) is 2.52. The maximum atomic E-state index is 6.20. The summed E-state index contributed by atoms with van der Waals surface area (Å²) < 4.78 is 5.71. The van der Waals surface area contributed by atoms with E-state index in [0.29, 0.717) is 10.8 Å². The Morgan fingerprint density at radius 1 is 1.17 bits per heavy atom. The molecule has 2 aromatic rings. The van der Waals surface area contributed by atoms with Crippen molar-refractivity contribution in [1.29, 1.82) is 0 Å². The molecular weight excluding hydrogens is 246 g/mol. The molecule has 1 unspecified atom stereocenters. The van der Waals surface area contributed by atoms with E-state index >= 15 is 0 Å². The molecule has 94 valence electrons. The molecule has 0 heterocycles. The average molecular weight is 262 g/mol. The number of benzene rings is 2. The van der Waals surface area contributed by atoms with Crippen molar-refractivity contribution in [3.8, 4) is 11.5 Å². The van der Waals surface area contributed by atoms with E-state index in [4.69, 9.17) is 22.1 Å². The first-order valence-corrected chi connectivity index (χ1v) is 6.30. The summed E-state index contributed by atoms with van der Waals surface area (Å²) in [4.78, 5) is 0. The van der Waals surface area contributed by atoms with Crippen LogP contribution >= 0.6 is 11.6 Å². The van der Waals surface area contributed by atoms with Gasteiger partial charge in [0.1, 0.15) is 11.5 Å². The van der Waals surface area contributed by atoms with E-state index in [9.17, 15) is 0 Å². The summed E-state index contributed by atoms with van der Waals surface area (Å²) in [5, 5.41) is 0.608. The molecule has 0 aromatic heterocycles. The molecule has 0 saturated heterocycles. The molecule has 0 spiro atoms. The largest absolute Gasteiger partial charge is 0.456 e. The smallest absolute Gasteiger partial charge is 0.146 e. The zero-order chi connectivity index (χ0) is 13.0. The molecule has 1 atom stereocenters. The van der Waals surface area contributed by atoms with E-state index in [-0.39, 0.29) is 6.04 Å². The molecule has 0 amide bonds. The average Bonchev–Trinajstić information content (AvgIpc) is 2.33. The zero-order valence-corrected chi connectivity index (χ0v) is 11.0. The topological polar surface area (TPSA) is 35.2 Å². The van der Waals surface area contributed by atoms with Crippen molar-refractivity contribution < 1.29 is 4.74 Å². The first-order chi connectivity index (χ1) is 8.65. The molecule has 0 saturated carbocycles. The summed E-state index contributed by atoms with van der Waals surface area (Å²) in [5.41, 5.74) is 6.88. The SMILES string of the molecule is CC(N)Cc1ccc(Oc2ccccc2)c(Cl)c1. The third-order valence-corrected chi connectivity index (χ3v) is 2.82. The van der Waals surface area contributed by atoms with Crippen LogP contribution in [0.25, 0.3) is 0 Å². The Labute approximate surface area is 112 Å². The van der Waals surface area contributed by atoms with Crippen LogP contribution in [0, 0.1) is 0 Å². The molecule has 0 radical (unpaired) electrons. The second-order valence-electron chi connectivity index (χ2n) is 4.36. The maximum Gasteiger partial charge on any atom is 0.146 e. The van der Waals surface area contributed by atoms with Crippen molar-refractivity contribution in [1.82, 2.24) is 0 Å². The Balaban J connectivity index is 2.15. The van der Waals surface area contributed by atoms with Crippen LogP contribution in [-0.2, 0) is 6.42 Å². The van der Waals surface area contributed by atoms with Crippen molar-refractivity contribution in [2.75, 3.05) is 0 Å². The van der Waals surface area contributed by atoms with Gasteiger partial charge in [-0.25, -0.2) is 0 Å². The summed E-state index contributed by atoms with van der Waals surface area (Å²) in [5.74, 6) is 1.44. The summed E-state index contributed by atoms with van der Waals surface area (Å²) in [6.07, 6.45) is 0.811. The molecule has 2 nitrogen and oxygen atoms in total. The molecule has 0 aliphatic heterocycles. The van der Waals surface area contributed by atoms with E-state index in [0.717, 1.165) is 17.7 Å². The van der Waals surface area contributed by atoms with Gasteiger partial charge >= 0.3 is 0 Å². The van der Waals surface area contributed by atoms with Crippen LogP contribution in [0.4, 0.5) is 0 Å². The lowest BCUT2D eigenvalue weighted by atomic mass is 10.1. The summed E-state index contributed by atoms with van der Waals surface area (Å²) in [6.45, 7) is 1.97. The van der Waals surface area contributed by atoms with Gasteiger partial charge in [0.15, 0.2) is 0 Å². The number of ether oxygens (including phenoxy) is 1. The first-order valence-electron chi connectivity index (χ1n) is 5.92. The number of halogens is 1. The van der Waals surface area contributed by atoms with Gasteiger partial charge in [0.2, 0.25) is 0 Å². The van der Waals surface area contributed by atoms with E-state index in [2.05, 4.69) is 0 Å². The van der Waals surface area contributed by atoms with E-state index in [1.54, 1.807) is 0 Å². The first kappa shape index (κ1) is 12.9. The highest BCUT2D eigenvalue weighted by atomic mass is 35.5. The van der Waals surface area contributed by atoms with E-state index in [1.165, 1.54) is 0 Å². The van der Waals surface area contributed by atoms with Crippen LogP contribution in [0.3, 0.4) is 0 Å². The van der Waals surface area contributed by atoms with Gasteiger partial charge in [-0.3, -0.25) is 0 Å². The number of nitrogens with two attached hydrogens (primary N) is 1. The lowest BCUT2D eigenvalue weighted by Gasteiger charge is -2.10. The van der Waals surface area contributed by atoms with Gasteiger partial charge in [0.25, 0.3) is 0 Å². The van der Waals surface area contributed by atoms with Crippen LogP contribution < -0.4 is 10.5 Å². The third kappa shape index (κ3) is 3.49. The summed E-state index contributed by atoms with van der Waals surface area (Å²) in [6, 6.07) is 15.5. The molecule has 18 heavy (non-hydrogen) atoms. The van der Waals surface area contributed by atoms with Gasteiger partial charge in [0.05, 0.1) is 5.02 Å². The van der Waals surface area contributed by atoms with Gasteiger partial charge in [-0.05, 0) is 43.2 Å². The lowest BCUT2D eigenvalue weighted by molar-refractivity contribution is 0.482. The second-order valence-corrected chi connectivity index (χ2v) is 4.77. The van der Waals surface area contributed by atoms with Gasteiger partial charge in [-0.2, -0.15) is 0 Å². The molecule has 0 aliphatic rings. The highest BCUT2D eigenvalue weighted by Crippen LogP contribution is 2.30. The minimum absolute atomic E-state index is 0.127. The molecular formula is C15H16ClNO. The van der Waals surface area contributed by atoms with Gasteiger partial charge < -0.3 is 10.5 Å². The number of para-hydroxylation sites is 1. The number of rotatable bonds is 4. The fourth-order valence-corrected chi connectivity index (χ4v) is 1.98. The fourth-order valence-electron chi connectivity index (χ4n) is 1.74. The van der Waals surface area contributed by atoms with Crippen molar-refractivity contribution in [2.45, 2.75) is 19.4 Å². The molecule has 0 fully saturated rings. The monoisotopic (exact) mass is 261 g/mol. The summed E-state index contributed by atoms with van der Waals surface area (Å²) in [7, 11) is 0. The Morgan fingerprint density at radius 2 is 1.89 bits per heavy atom. The predicted molar refractivity (Wildman–Crippen MR) is 75.3 cm³/mol. The van der Waals surface area contributed by atoms with Crippen molar-refractivity contribution in [3.05, 3.63) is 59.1 Å². The van der Waals surface area contributed by atoms with E-state index in [1.807, 2.05) is 55.5 Å². The molecule has 0 bridgehead atoms. The summed E-state index contributed by atoms with van der Waals surface area (Å²) >= 11 is 6.20. The quantitative estimate of drug-likeness (QED) is 0.902. The normalized spacial score (nSPS) is 12.2. The van der Waals surface area contributed by atoms with Crippen molar-refractivity contribution in [2.24, 2.45) is 5.73 Å². The van der Waals surface area contributed by atoms with Crippen LogP contribution in [0.1, 0.15) is 12.5 Å². The van der Waals surface area contributed by atoms with Gasteiger partial charge in [-0.15, -0.1) is 0 Å². The van der Waals surface area contributed by atoms with Gasteiger partial charge in [0, 0.05) is 6.04 Å². The van der Waals surface area contributed by atoms with Crippen molar-refractivity contribution in [3.63, 3.8) is 0 Å². The Morgan fingerprint density at radius 3 is 2.50 bits per heavy atom. The standard InChI is InChI=1S/C15H16ClNO/c1-11(17)9-12-7-8-15(14(16)10-12)18-13-5-3-2-4-6-13/h2-8,10-11H,9,17H2,1H3. The minimum Gasteiger partial charge on any atom is -0.456 e. The minimum atomic E-state index is 0.127. The fraction of sp³-hybridized carbons (Fsp3) is 0.200. The van der Waals surface area contributed by atoms with Gasteiger partial charge in [-0.1, -0.05) is 35.9 Å². The van der Waals surface area contributed by atoms with Crippen LogP contribution in [0.2, 0.25) is 5.02 Å². The Bertz CT molecular complexity index is 511. The second kappa shape index (κ2) is 5.89. The molecule has 2 rings (SSSR count). The number of hydrogen-bond donors (Lipinski definition) is 1. The zero-order valence-electron chi connectivity index (χ0n) is 10.3. The predicted octanol–water partition coefficient (Wildman–Crippen LogP) is 4.02. The van der Waals surface area contributed by atoms with Crippen LogP contribution in [-0.4, -0.2) is 6.04 Å². The Hall–Kier alpha value is -1.51. The highest BCUT2D eigenvalue weighted by molar-refractivity contribution is 6.32. The highest BCUT2D eigenvalue weighted by Gasteiger charge is 2.05. The molecule has 2 N–H and O–H groups in total. The van der Waals surface area contributed by atoms with Crippen LogP contribution in [0.15, 0.2) is 48.5 Å². The molecule has 3 heteroatoms.